The van der Waals surface area contributed by atoms with Crippen molar-refractivity contribution in [1.29, 1.82) is 0 Å². The zero-order valence-electron chi connectivity index (χ0n) is 17.7. The highest BCUT2D eigenvalue weighted by Gasteiger charge is 2.37. The minimum Gasteiger partial charge on any atom is -0.302 e. The van der Waals surface area contributed by atoms with Gasteiger partial charge in [0.05, 0.1) is 4.90 Å². The summed E-state index contributed by atoms with van der Waals surface area (Å²) in [6.45, 7) is 9.97. The Labute approximate surface area is 175 Å². The van der Waals surface area contributed by atoms with E-state index in [0.29, 0.717) is 22.4 Å². The molecule has 4 rings (SSSR count). The van der Waals surface area contributed by atoms with Crippen molar-refractivity contribution in [2.45, 2.75) is 56.8 Å². The second-order valence-corrected chi connectivity index (χ2v) is 10.6. The molecule has 0 radical (unpaired) electrons. The van der Waals surface area contributed by atoms with Crippen LogP contribution in [0.15, 0.2) is 47.4 Å². The molecule has 29 heavy (non-hydrogen) atoms. The van der Waals surface area contributed by atoms with Crippen molar-refractivity contribution >= 4 is 15.7 Å². The third-order valence-corrected chi connectivity index (χ3v) is 7.89. The van der Waals surface area contributed by atoms with Crippen LogP contribution in [-0.4, -0.2) is 33.0 Å². The van der Waals surface area contributed by atoms with Crippen LogP contribution in [0.3, 0.4) is 0 Å². The molecule has 1 aliphatic carbocycles. The standard InChI is InChI=1S/C24H32N2O2S/c1-4-13-26-15-20-6-5-19-14-21(9-12-23(19)24(20)16-26)25-29(27,28)22-10-7-18(8-11-22)17(2)3/h7-12,14,17,20,24-25H,4-6,13,15-16H2,1-3H3. The van der Waals surface area contributed by atoms with Gasteiger partial charge in [0.2, 0.25) is 0 Å². The summed E-state index contributed by atoms with van der Waals surface area (Å²) >= 11 is 0. The fourth-order valence-corrected chi connectivity index (χ4v) is 5.99. The van der Waals surface area contributed by atoms with E-state index < -0.39 is 10.0 Å². The first-order valence-corrected chi connectivity index (χ1v) is 12.3. The van der Waals surface area contributed by atoms with Crippen LogP contribution in [0.1, 0.15) is 62.1 Å². The smallest absolute Gasteiger partial charge is 0.261 e. The van der Waals surface area contributed by atoms with Crippen LogP contribution in [0.4, 0.5) is 5.69 Å². The molecule has 2 aromatic rings. The van der Waals surface area contributed by atoms with Gasteiger partial charge in [-0.05, 0) is 78.6 Å². The molecule has 0 spiro atoms. The van der Waals surface area contributed by atoms with Crippen LogP contribution in [0.2, 0.25) is 0 Å². The Morgan fingerprint density at radius 2 is 1.86 bits per heavy atom. The second kappa shape index (κ2) is 8.11. The fraction of sp³-hybridized carbons (Fsp3) is 0.500. The van der Waals surface area contributed by atoms with Crippen molar-refractivity contribution in [3.05, 3.63) is 59.2 Å². The van der Waals surface area contributed by atoms with Gasteiger partial charge in [-0.3, -0.25) is 4.72 Å². The average Bonchev–Trinajstić information content (AvgIpc) is 3.11. The Morgan fingerprint density at radius 1 is 1.10 bits per heavy atom. The number of nitrogens with one attached hydrogen (secondary N) is 1. The van der Waals surface area contributed by atoms with Crippen molar-refractivity contribution < 1.29 is 8.42 Å². The molecule has 1 fully saturated rings. The minimum atomic E-state index is -3.57. The van der Waals surface area contributed by atoms with Gasteiger partial charge in [0.25, 0.3) is 10.0 Å². The molecule has 1 aliphatic heterocycles. The van der Waals surface area contributed by atoms with Gasteiger partial charge in [-0.1, -0.05) is 39.0 Å². The van der Waals surface area contributed by atoms with E-state index >= 15 is 0 Å². The quantitative estimate of drug-likeness (QED) is 0.728. The molecular weight excluding hydrogens is 380 g/mol. The number of anilines is 1. The minimum absolute atomic E-state index is 0.311. The van der Waals surface area contributed by atoms with Gasteiger partial charge in [0.15, 0.2) is 0 Å². The zero-order valence-corrected chi connectivity index (χ0v) is 18.5. The van der Waals surface area contributed by atoms with E-state index in [-0.39, 0.29) is 0 Å². The van der Waals surface area contributed by atoms with Gasteiger partial charge in [-0.15, -0.1) is 0 Å². The summed E-state index contributed by atoms with van der Waals surface area (Å²) in [5.74, 6) is 1.73. The molecule has 5 heteroatoms. The summed E-state index contributed by atoms with van der Waals surface area (Å²) in [5, 5.41) is 0. The summed E-state index contributed by atoms with van der Waals surface area (Å²) in [6, 6.07) is 13.3. The van der Waals surface area contributed by atoms with Crippen molar-refractivity contribution in [2.24, 2.45) is 5.92 Å². The molecule has 1 saturated heterocycles. The number of aryl methyl sites for hydroxylation is 1. The van der Waals surface area contributed by atoms with Crippen molar-refractivity contribution in [2.75, 3.05) is 24.4 Å². The first-order valence-electron chi connectivity index (χ1n) is 10.9. The third kappa shape index (κ3) is 4.22. The molecule has 4 nitrogen and oxygen atoms in total. The molecule has 0 bridgehead atoms. The van der Waals surface area contributed by atoms with E-state index in [2.05, 4.69) is 36.5 Å². The lowest BCUT2D eigenvalue weighted by atomic mass is 9.77. The molecule has 0 saturated carbocycles. The van der Waals surface area contributed by atoms with Gasteiger partial charge in [0.1, 0.15) is 0 Å². The summed E-state index contributed by atoms with van der Waals surface area (Å²) in [4.78, 5) is 2.90. The first-order chi connectivity index (χ1) is 13.9. The fourth-order valence-electron chi connectivity index (χ4n) is 4.94. The lowest BCUT2D eigenvalue weighted by Crippen LogP contribution is -2.21. The number of sulfonamides is 1. The van der Waals surface area contributed by atoms with E-state index in [1.807, 2.05) is 24.3 Å². The summed E-state index contributed by atoms with van der Waals surface area (Å²) in [7, 11) is -3.57. The predicted molar refractivity (Wildman–Crippen MR) is 119 cm³/mol. The maximum atomic E-state index is 12.8. The van der Waals surface area contributed by atoms with Crippen LogP contribution in [0, 0.1) is 5.92 Å². The van der Waals surface area contributed by atoms with Crippen LogP contribution in [0.5, 0.6) is 0 Å². The summed E-state index contributed by atoms with van der Waals surface area (Å²) < 4.78 is 28.4. The van der Waals surface area contributed by atoms with E-state index in [9.17, 15) is 8.42 Å². The van der Waals surface area contributed by atoms with E-state index in [1.165, 1.54) is 37.1 Å². The molecule has 156 valence electrons. The maximum Gasteiger partial charge on any atom is 0.261 e. The zero-order chi connectivity index (χ0) is 20.6. The molecule has 2 atom stereocenters. The third-order valence-electron chi connectivity index (χ3n) is 6.49. The van der Waals surface area contributed by atoms with Crippen LogP contribution >= 0.6 is 0 Å². The Balaban J connectivity index is 1.52. The molecule has 0 aromatic heterocycles. The Morgan fingerprint density at radius 3 is 2.55 bits per heavy atom. The highest BCUT2D eigenvalue weighted by atomic mass is 32.2. The lowest BCUT2D eigenvalue weighted by Gasteiger charge is -2.28. The number of hydrogen-bond donors (Lipinski definition) is 1. The molecule has 2 unspecified atom stereocenters. The van der Waals surface area contributed by atoms with Gasteiger partial charge < -0.3 is 4.90 Å². The second-order valence-electron chi connectivity index (χ2n) is 8.91. The lowest BCUT2D eigenvalue weighted by molar-refractivity contribution is 0.322. The number of hydrogen-bond acceptors (Lipinski definition) is 3. The molecular formula is C24H32N2O2S. The van der Waals surface area contributed by atoms with E-state index in [1.54, 1.807) is 12.1 Å². The first kappa shape index (κ1) is 20.4. The number of fused-ring (bicyclic) bond motifs is 3. The maximum absolute atomic E-state index is 12.8. The molecule has 1 heterocycles. The van der Waals surface area contributed by atoms with Gasteiger partial charge in [-0.25, -0.2) is 8.42 Å². The van der Waals surface area contributed by atoms with Crippen LogP contribution < -0.4 is 4.72 Å². The largest absolute Gasteiger partial charge is 0.302 e. The van der Waals surface area contributed by atoms with Crippen molar-refractivity contribution in [3.8, 4) is 0 Å². The van der Waals surface area contributed by atoms with E-state index in [0.717, 1.165) is 24.4 Å². The van der Waals surface area contributed by atoms with Gasteiger partial charge in [0, 0.05) is 24.7 Å². The molecule has 2 aliphatic rings. The average molecular weight is 413 g/mol. The Hall–Kier alpha value is -1.85. The highest BCUT2D eigenvalue weighted by Crippen LogP contribution is 2.42. The monoisotopic (exact) mass is 412 g/mol. The summed E-state index contributed by atoms with van der Waals surface area (Å²) in [5.41, 5.74) is 4.53. The van der Waals surface area contributed by atoms with Gasteiger partial charge >= 0.3 is 0 Å². The Kier molecular flexibility index (Phi) is 5.71. The summed E-state index contributed by atoms with van der Waals surface area (Å²) in [6.07, 6.45) is 3.44. The van der Waals surface area contributed by atoms with E-state index in [4.69, 9.17) is 0 Å². The molecule has 0 amide bonds. The molecule has 1 N–H and O–H groups in total. The number of benzene rings is 2. The Bertz CT molecular complexity index is 967. The van der Waals surface area contributed by atoms with Gasteiger partial charge in [-0.2, -0.15) is 0 Å². The molecule has 2 aromatic carbocycles. The topological polar surface area (TPSA) is 49.4 Å². The number of likely N-dealkylation sites (tertiary alicyclic amines) is 1. The number of rotatable bonds is 6. The van der Waals surface area contributed by atoms with Crippen LogP contribution in [-0.2, 0) is 16.4 Å². The van der Waals surface area contributed by atoms with Crippen molar-refractivity contribution in [1.82, 2.24) is 4.90 Å². The highest BCUT2D eigenvalue weighted by molar-refractivity contribution is 7.92. The SMILES string of the molecule is CCCN1CC2CCc3cc(NS(=O)(=O)c4ccc(C(C)C)cc4)ccc3C2C1. The predicted octanol–water partition coefficient (Wildman–Crippen LogP) is 4.98. The van der Waals surface area contributed by atoms with Crippen LogP contribution in [0.25, 0.3) is 0 Å². The van der Waals surface area contributed by atoms with Crippen molar-refractivity contribution in [3.63, 3.8) is 0 Å². The normalized spacial score (nSPS) is 21.8. The number of nitrogens with zero attached hydrogens (tertiary/aromatic N) is 1.